The highest BCUT2D eigenvalue weighted by Gasteiger charge is 2.20. The van der Waals surface area contributed by atoms with E-state index in [1.165, 1.54) is 32.1 Å². The van der Waals surface area contributed by atoms with Crippen LogP contribution in [0.2, 0.25) is 0 Å². The van der Waals surface area contributed by atoms with Gasteiger partial charge >= 0.3 is 0 Å². The van der Waals surface area contributed by atoms with Crippen molar-refractivity contribution >= 4 is 0 Å². The number of aliphatic hydroxyl groups excluding tert-OH is 1. The molecule has 90 valence electrons. The molecule has 1 rings (SSSR count). The summed E-state index contributed by atoms with van der Waals surface area (Å²) in [6.07, 6.45) is 6.73. The fourth-order valence-electron chi connectivity index (χ4n) is 2.17. The maximum Gasteiger partial charge on any atom is 0.0494 e. The number of nitrogens with one attached hydrogen (secondary N) is 1. The summed E-state index contributed by atoms with van der Waals surface area (Å²) >= 11 is 0. The van der Waals surface area contributed by atoms with E-state index in [0.29, 0.717) is 6.04 Å². The SMILES string of the molecule is CC1CCCC(NCC(C)(C)CO)CC1. The van der Waals surface area contributed by atoms with E-state index in [1.807, 2.05) is 0 Å². The fourth-order valence-corrected chi connectivity index (χ4v) is 2.17. The standard InChI is InChI=1S/C13H27NO/c1-11-5-4-6-12(8-7-11)14-9-13(2,3)10-15/h11-12,14-15H,4-10H2,1-3H3. The zero-order chi connectivity index (χ0) is 11.3. The van der Waals surface area contributed by atoms with Gasteiger partial charge in [0.2, 0.25) is 0 Å². The number of aliphatic hydroxyl groups is 1. The van der Waals surface area contributed by atoms with Crippen molar-refractivity contribution in [1.29, 1.82) is 0 Å². The van der Waals surface area contributed by atoms with Gasteiger partial charge < -0.3 is 10.4 Å². The Labute approximate surface area is 94.5 Å². The van der Waals surface area contributed by atoms with Crippen molar-refractivity contribution in [3.05, 3.63) is 0 Å². The second-order valence-electron chi connectivity index (χ2n) is 6.01. The molecule has 0 aromatic rings. The first-order chi connectivity index (χ1) is 7.03. The lowest BCUT2D eigenvalue weighted by atomic mass is 9.94. The van der Waals surface area contributed by atoms with E-state index in [4.69, 9.17) is 0 Å². The van der Waals surface area contributed by atoms with Crippen molar-refractivity contribution in [2.45, 2.75) is 58.9 Å². The molecule has 0 aromatic carbocycles. The second-order valence-corrected chi connectivity index (χ2v) is 6.01. The predicted molar refractivity (Wildman–Crippen MR) is 64.9 cm³/mol. The van der Waals surface area contributed by atoms with Gasteiger partial charge in [-0.15, -0.1) is 0 Å². The van der Waals surface area contributed by atoms with Crippen molar-refractivity contribution in [1.82, 2.24) is 5.32 Å². The molecule has 0 spiro atoms. The molecule has 0 aromatic heterocycles. The van der Waals surface area contributed by atoms with E-state index in [1.54, 1.807) is 0 Å². The molecule has 0 amide bonds. The highest BCUT2D eigenvalue weighted by Crippen LogP contribution is 2.23. The highest BCUT2D eigenvalue weighted by atomic mass is 16.3. The molecule has 1 aliphatic rings. The molecule has 0 heterocycles. The fraction of sp³-hybridized carbons (Fsp3) is 1.00. The molecular formula is C13H27NO. The number of hydrogen-bond donors (Lipinski definition) is 2. The Morgan fingerprint density at radius 1 is 1.20 bits per heavy atom. The van der Waals surface area contributed by atoms with Gasteiger partial charge in [-0.3, -0.25) is 0 Å². The van der Waals surface area contributed by atoms with E-state index < -0.39 is 0 Å². The maximum atomic E-state index is 9.18. The first kappa shape index (κ1) is 13.0. The lowest BCUT2D eigenvalue weighted by Crippen LogP contribution is -2.38. The molecule has 2 N–H and O–H groups in total. The number of rotatable bonds is 4. The normalized spacial score (nSPS) is 28.8. The molecule has 0 aliphatic heterocycles. The summed E-state index contributed by atoms with van der Waals surface area (Å²) in [5, 5.41) is 12.8. The summed E-state index contributed by atoms with van der Waals surface area (Å²) in [4.78, 5) is 0. The smallest absolute Gasteiger partial charge is 0.0494 e. The summed E-state index contributed by atoms with van der Waals surface area (Å²) in [6, 6.07) is 0.681. The van der Waals surface area contributed by atoms with Gasteiger partial charge in [0.1, 0.15) is 0 Å². The predicted octanol–water partition coefficient (Wildman–Crippen LogP) is 2.56. The summed E-state index contributed by atoms with van der Waals surface area (Å²) < 4.78 is 0. The quantitative estimate of drug-likeness (QED) is 0.703. The second kappa shape index (κ2) is 5.86. The van der Waals surface area contributed by atoms with Gasteiger partial charge in [-0.1, -0.05) is 33.6 Å². The van der Waals surface area contributed by atoms with Gasteiger partial charge in [0.05, 0.1) is 0 Å². The van der Waals surface area contributed by atoms with Crippen molar-refractivity contribution in [2.24, 2.45) is 11.3 Å². The van der Waals surface area contributed by atoms with Gasteiger partial charge in [0.15, 0.2) is 0 Å². The van der Waals surface area contributed by atoms with Crippen LogP contribution >= 0.6 is 0 Å². The molecule has 1 fully saturated rings. The van der Waals surface area contributed by atoms with Crippen LogP contribution in [0.5, 0.6) is 0 Å². The van der Waals surface area contributed by atoms with Gasteiger partial charge in [-0.05, 0) is 25.2 Å². The monoisotopic (exact) mass is 213 g/mol. The molecule has 1 aliphatic carbocycles. The summed E-state index contributed by atoms with van der Waals surface area (Å²) in [5.41, 5.74) is 0.0257. The van der Waals surface area contributed by atoms with Crippen LogP contribution in [0.25, 0.3) is 0 Å². The molecule has 1 saturated carbocycles. The Morgan fingerprint density at radius 3 is 2.60 bits per heavy atom. The van der Waals surface area contributed by atoms with Gasteiger partial charge in [-0.25, -0.2) is 0 Å². The molecule has 0 radical (unpaired) electrons. The first-order valence-electron chi connectivity index (χ1n) is 6.38. The lowest BCUT2D eigenvalue weighted by Gasteiger charge is -2.26. The Kier molecular flexibility index (Phi) is 5.07. The molecule has 0 saturated heterocycles. The van der Waals surface area contributed by atoms with Crippen molar-refractivity contribution in [2.75, 3.05) is 13.2 Å². The molecule has 2 nitrogen and oxygen atoms in total. The minimum atomic E-state index is 0.0257. The Bertz CT molecular complexity index is 179. The lowest BCUT2D eigenvalue weighted by molar-refractivity contribution is 0.152. The minimum absolute atomic E-state index is 0.0257. The van der Waals surface area contributed by atoms with Crippen molar-refractivity contribution in [3.8, 4) is 0 Å². The summed E-state index contributed by atoms with van der Waals surface area (Å²) in [6.45, 7) is 7.78. The van der Waals surface area contributed by atoms with Gasteiger partial charge in [0, 0.05) is 24.6 Å². The van der Waals surface area contributed by atoms with Crippen LogP contribution in [0.3, 0.4) is 0 Å². The topological polar surface area (TPSA) is 32.3 Å². The third kappa shape index (κ3) is 4.98. The third-order valence-electron chi connectivity index (χ3n) is 3.55. The average Bonchev–Trinajstić information content (AvgIpc) is 2.40. The summed E-state index contributed by atoms with van der Waals surface area (Å²) in [5.74, 6) is 0.905. The highest BCUT2D eigenvalue weighted by molar-refractivity contribution is 4.77. The van der Waals surface area contributed by atoms with E-state index >= 15 is 0 Å². The summed E-state index contributed by atoms with van der Waals surface area (Å²) in [7, 11) is 0. The molecule has 15 heavy (non-hydrogen) atoms. The van der Waals surface area contributed by atoms with Crippen molar-refractivity contribution < 1.29 is 5.11 Å². The third-order valence-corrected chi connectivity index (χ3v) is 3.55. The van der Waals surface area contributed by atoms with Crippen LogP contribution in [-0.2, 0) is 0 Å². The van der Waals surface area contributed by atoms with Gasteiger partial charge in [0.25, 0.3) is 0 Å². The zero-order valence-electron chi connectivity index (χ0n) is 10.6. The minimum Gasteiger partial charge on any atom is -0.396 e. The Balaban J connectivity index is 2.26. The Hall–Kier alpha value is -0.0800. The van der Waals surface area contributed by atoms with E-state index in [9.17, 15) is 5.11 Å². The maximum absolute atomic E-state index is 9.18. The van der Waals surface area contributed by atoms with E-state index in [2.05, 4.69) is 26.1 Å². The van der Waals surface area contributed by atoms with E-state index in [-0.39, 0.29) is 12.0 Å². The number of hydrogen-bond acceptors (Lipinski definition) is 2. The molecule has 2 atom stereocenters. The first-order valence-corrected chi connectivity index (χ1v) is 6.38. The molecule has 2 heteroatoms. The molecular weight excluding hydrogens is 186 g/mol. The van der Waals surface area contributed by atoms with Gasteiger partial charge in [-0.2, -0.15) is 0 Å². The van der Waals surface area contributed by atoms with Crippen LogP contribution in [0.15, 0.2) is 0 Å². The van der Waals surface area contributed by atoms with Crippen LogP contribution in [0.1, 0.15) is 52.9 Å². The van der Waals surface area contributed by atoms with E-state index in [0.717, 1.165) is 12.5 Å². The average molecular weight is 213 g/mol. The molecule has 0 bridgehead atoms. The van der Waals surface area contributed by atoms with Crippen LogP contribution in [-0.4, -0.2) is 24.3 Å². The Morgan fingerprint density at radius 2 is 1.93 bits per heavy atom. The molecule has 2 unspecified atom stereocenters. The zero-order valence-corrected chi connectivity index (χ0v) is 10.6. The van der Waals surface area contributed by atoms with Crippen LogP contribution in [0, 0.1) is 11.3 Å². The largest absolute Gasteiger partial charge is 0.396 e. The van der Waals surface area contributed by atoms with Crippen LogP contribution < -0.4 is 5.32 Å². The van der Waals surface area contributed by atoms with Crippen molar-refractivity contribution in [3.63, 3.8) is 0 Å². The van der Waals surface area contributed by atoms with Crippen LogP contribution in [0.4, 0.5) is 0 Å².